The average Bonchev–Trinajstić information content (AvgIpc) is 2.56. The second-order valence-electron chi connectivity index (χ2n) is 7.20. The van der Waals surface area contributed by atoms with E-state index in [1.165, 1.54) is 12.1 Å². The van der Waals surface area contributed by atoms with Crippen molar-refractivity contribution in [3.63, 3.8) is 0 Å². The molecule has 0 bridgehead atoms. The zero-order chi connectivity index (χ0) is 19.3. The number of carbonyl (C=O) groups is 3. The molecule has 2 amide bonds. The summed E-state index contributed by atoms with van der Waals surface area (Å²) in [7, 11) is 0. The Balaban J connectivity index is 1.93. The summed E-state index contributed by atoms with van der Waals surface area (Å²) in [6.45, 7) is 3.79. The monoisotopic (exact) mass is 364 g/mol. The molecule has 1 aromatic carbocycles. The van der Waals surface area contributed by atoms with Crippen LogP contribution in [-0.2, 0) is 9.59 Å². The van der Waals surface area contributed by atoms with Gasteiger partial charge in [-0.2, -0.15) is 0 Å². The SMILES string of the molecule is CC(C)CC(=O)Nc1ccc(C(=O)NC2CCC(C(=O)O)CC2)cc1F. The van der Waals surface area contributed by atoms with Crippen LogP contribution < -0.4 is 10.6 Å². The molecule has 1 aromatic rings. The van der Waals surface area contributed by atoms with Gasteiger partial charge in [0.05, 0.1) is 11.6 Å². The van der Waals surface area contributed by atoms with Crippen LogP contribution in [0.3, 0.4) is 0 Å². The molecule has 3 N–H and O–H groups in total. The molecule has 2 rings (SSSR count). The van der Waals surface area contributed by atoms with Crippen molar-refractivity contribution < 1.29 is 23.9 Å². The first-order chi connectivity index (χ1) is 12.3. The maximum atomic E-state index is 14.2. The molecule has 142 valence electrons. The first-order valence-corrected chi connectivity index (χ1v) is 8.89. The summed E-state index contributed by atoms with van der Waals surface area (Å²) in [5.41, 5.74) is 0.221. The Kier molecular flexibility index (Phi) is 6.71. The van der Waals surface area contributed by atoms with Crippen molar-refractivity contribution in [2.45, 2.75) is 52.0 Å². The van der Waals surface area contributed by atoms with Crippen LogP contribution in [0.5, 0.6) is 0 Å². The van der Waals surface area contributed by atoms with Crippen molar-refractivity contribution in [1.29, 1.82) is 0 Å². The minimum Gasteiger partial charge on any atom is -0.481 e. The normalized spacial score (nSPS) is 19.8. The Labute approximate surface area is 152 Å². The number of hydrogen-bond donors (Lipinski definition) is 3. The largest absolute Gasteiger partial charge is 0.481 e. The van der Waals surface area contributed by atoms with Crippen LogP contribution in [0.2, 0.25) is 0 Å². The van der Waals surface area contributed by atoms with Gasteiger partial charge in [0.2, 0.25) is 5.91 Å². The molecule has 0 unspecified atom stereocenters. The quantitative estimate of drug-likeness (QED) is 0.722. The maximum Gasteiger partial charge on any atom is 0.306 e. The Morgan fingerprint density at radius 1 is 1.19 bits per heavy atom. The summed E-state index contributed by atoms with van der Waals surface area (Å²) in [5, 5.41) is 14.3. The summed E-state index contributed by atoms with van der Waals surface area (Å²) in [4.78, 5) is 35.0. The van der Waals surface area contributed by atoms with Crippen LogP contribution in [0, 0.1) is 17.7 Å². The van der Waals surface area contributed by atoms with Gasteiger partial charge in [-0.25, -0.2) is 4.39 Å². The van der Waals surface area contributed by atoms with E-state index in [1.54, 1.807) is 0 Å². The molecule has 1 saturated carbocycles. The number of nitrogens with one attached hydrogen (secondary N) is 2. The van der Waals surface area contributed by atoms with E-state index in [0.29, 0.717) is 32.1 Å². The number of anilines is 1. The van der Waals surface area contributed by atoms with Gasteiger partial charge in [0.15, 0.2) is 0 Å². The van der Waals surface area contributed by atoms with Crippen LogP contribution in [-0.4, -0.2) is 28.9 Å². The highest BCUT2D eigenvalue weighted by Gasteiger charge is 2.27. The summed E-state index contributed by atoms with van der Waals surface area (Å²) < 4.78 is 14.2. The molecule has 0 radical (unpaired) electrons. The molecule has 0 aromatic heterocycles. The molecule has 1 aliphatic carbocycles. The predicted octanol–water partition coefficient (Wildman–Crippen LogP) is 3.18. The van der Waals surface area contributed by atoms with Crippen LogP contribution in [0.15, 0.2) is 18.2 Å². The number of carbonyl (C=O) groups excluding carboxylic acids is 2. The molecule has 26 heavy (non-hydrogen) atoms. The number of amides is 2. The van der Waals surface area contributed by atoms with Crippen molar-refractivity contribution in [3.8, 4) is 0 Å². The number of hydrogen-bond acceptors (Lipinski definition) is 3. The highest BCUT2D eigenvalue weighted by atomic mass is 19.1. The van der Waals surface area contributed by atoms with E-state index in [4.69, 9.17) is 5.11 Å². The fourth-order valence-electron chi connectivity index (χ4n) is 3.08. The number of benzene rings is 1. The highest BCUT2D eigenvalue weighted by molar-refractivity contribution is 5.96. The smallest absolute Gasteiger partial charge is 0.306 e. The minimum atomic E-state index is -0.799. The van der Waals surface area contributed by atoms with Gasteiger partial charge in [0.25, 0.3) is 5.91 Å². The van der Waals surface area contributed by atoms with Gasteiger partial charge in [-0.3, -0.25) is 14.4 Å². The third-order valence-corrected chi connectivity index (χ3v) is 4.51. The lowest BCUT2D eigenvalue weighted by Crippen LogP contribution is -2.38. The van der Waals surface area contributed by atoms with Crippen LogP contribution >= 0.6 is 0 Å². The second kappa shape index (κ2) is 8.78. The number of halogens is 1. The van der Waals surface area contributed by atoms with Gasteiger partial charge in [-0.05, 0) is 49.8 Å². The van der Waals surface area contributed by atoms with Crippen molar-refractivity contribution in [2.24, 2.45) is 11.8 Å². The third-order valence-electron chi connectivity index (χ3n) is 4.51. The Hall–Kier alpha value is -2.44. The van der Waals surface area contributed by atoms with Gasteiger partial charge in [-0.15, -0.1) is 0 Å². The lowest BCUT2D eigenvalue weighted by molar-refractivity contribution is -0.142. The summed E-state index contributed by atoms with van der Waals surface area (Å²) in [6, 6.07) is 3.84. The van der Waals surface area contributed by atoms with E-state index in [0.717, 1.165) is 6.07 Å². The van der Waals surface area contributed by atoms with Crippen LogP contribution in [0.4, 0.5) is 10.1 Å². The van der Waals surface area contributed by atoms with Gasteiger partial charge in [0, 0.05) is 18.0 Å². The predicted molar refractivity (Wildman–Crippen MR) is 95.3 cm³/mol. The highest BCUT2D eigenvalue weighted by Crippen LogP contribution is 2.25. The number of carboxylic acid groups (broad SMARTS) is 1. The summed E-state index contributed by atoms with van der Waals surface area (Å²) >= 11 is 0. The zero-order valence-corrected chi connectivity index (χ0v) is 15.0. The van der Waals surface area contributed by atoms with Crippen molar-refractivity contribution >= 4 is 23.5 Å². The van der Waals surface area contributed by atoms with Crippen molar-refractivity contribution in [2.75, 3.05) is 5.32 Å². The van der Waals surface area contributed by atoms with Crippen LogP contribution in [0.1, 0.15) is 56.3 Å². The first kappa shape index (κ1) is 19.9. The van der Waals surface area contributed by atoms with Crippen molar-refractivity contribution in [3.05, 3.63) is 29.6 Å². The van der Waals surface area contributed by atoms with Crippen molar-refractivity contribution in [1.82, 2.24) is 5.32 Å². The minimum absolute atomic E-state index is 0.0502. The molecule has 0 heterocycles. The molecule has 7 heteroatoms. The van der Waals surface area contributed by atoms with E-state index in [1.807, 2.05) is 13.8 Å². The molecule has 1 aliphatic rings. The van der Waals surface area contributed by atoms with Gasteiger partial charge in [-0.1, -0.05) is 13.8 Å². The average molecular weight is 364 g/mol. The number of carboxylic acids is 1. The topological polar surface area (TPSA) is 95.5 Å². The molecule has 0 atom stereocenters. The molecule has 1 fully saturated rings. The van der Waals surface area contributed by atoms with E-state index in [2.05, 4.69) is 10.6 Å². The second-order valence-corrected chi connectivity index (χ2v) is 7.20. The molecule has 0 spiro atoms. The zero-order valence-electron chi connectivity index (χ0n) is 15.0. The third kappa shape index (κ3) is 5.54. The lowest BCUT2D eigenvalue weighted by Gasteiger charge is -2.26. The van der Waals surface area contributed by atoms with Crippen LogP contribution in [0.25, 0.3) is 0 Å². The van der Waals surface area contributed by atoms with Gasteiger partial charge >= 0.3 is 5.97 Å². The van der Waals surface area contributed by atoms with E-state index in [9.17, 15) is 18.8 Å². The van der Waals surface area contributed by atoms with E-state index in [-0.39, 0.29) is 35.0 Å². The number of rotatable bonds is 6. The van der Waals surface area contributed by atoms with E-state index >= 15 is 0 Å². The number of aliphatic carboxylic acids is 1. The van der Waals surface area contributed by atoms with E-state index < -0.39 is 17.7 Å². The van der Waals surface area contributed by atoms with Gasteiger partial charge in [0.1, 0.15) is 5.82 Å². The summed E-state index contributed by atoms with van der Waals surface area (Å²) in [5.74, 6) is -2.32. The fraction of sp³-hybridized carbons (Fsp3) is 0.526. The standard InChI is InChI=1S/C19H25FN2O4/c1-11(2)9-17(23)22-16-8-5-13(10-15(16)20)18(24)21-14-6-3-12(4-7-14)19(25)26/h5,8,10-12,14H,3-4,6-7,9H2,1-2H3,(H,21,24)(H,22,23)(H,25,26). The Morgan fingerprint density at radius 3 is 2.38 bits per heavy atom. The Bertz CT molecular complexity index is 682. The van der Waals surface area contributed by atoms with Gasteiger partial charge < -0.3 is 15.7 Å². The molecular formula is C19H25FN2O4. The molecule has 6 nitrogen and oxygen atoms in total. The summed E-state index contributed by atoms with van der Waals surface area (Å²) in [6.07, 6.45) is 2.52. The maximum absolute atomic E-state index is 14.2. The fourth-order valence-corrected chi connectivity index (χ4v) is 3.08. The lowest BCUT2D eigenvalue weighted by atomic mass is 9.86. The Morgan fingerprint density at radius 2 is 1.85 bits per heavy atom. The first-order valence-electron chi connectivity index (χ1n) is 8.89. The molecule has 0 aliphatic heterocycles. The molecular weight excluding hydrogens is 339 g/mol. The molecule has 0 saturated heterocycles.